The topological polar surface area (TPSA) is 99.3 Å². The van der Waals surface area contributed by atoms with E-state index < -0.39 is 4.92 Å². The summed E-state index contributed by atoms with van der Waals surface area (Å²) < 4.78 is 6.00. The number of carbonyl (C=O) groups is 1. The number of carbonyl (C=O) groups excluding carboxylic acids is 1. The van der Waals surface area contributed by atoms with E-state index in [4.69, 9.17) is 0 Å². The number of nitrogens with zero attached hydrogens (tertiary/aromatic N) is 3. The standard InChI is InChI=1S/C10H16N4O4/c1-4-13-10(11-6-5-8(15)18-3)9(14(16)17)7(2)12-13/h11H,4-6H2,1-3H3. The molecule has 1 heterocycles. The number of methoxy groups -OCH3 is 1. The first-order valence-corrected chi connectivity index (χ1v) is 5.53. The van der Waals surface area contributed by atoms with E-state index in [0.717, 1.165) is 0 Å². The average molecular weight is 256 g/mol. The van der Waals surface area contributed by atoms with Gasteiger partial charge in [0.05, 0.1) is 18.5 Å². The van der Waals surface area contributed by atoms with E-state index in [2.05, 4.69) is 15.2 Å². The minimum Gasteiger partial charge on any atom is -0.469 e. The van der Waals surface area contributed by atoms with Crippen molar-refractivity contribution in [2.45, 2.75) is 26.8 Å². The van der Waals surface area contributed by atoms with Gasteiger partial charge in [0.15, 0.2) is 0 Å². The first-order valence-electron chi connectivity index (χ1n) is 5.53. The van der Waals surface area contributed by atoms with Crippen LogP contribution in [-0.2, 0) is 16.1 Å². The summed E-state index contributed by atoms with van der Waals surface area (Å²) in [5.41, 5.74) is 0.295. The van der Waals surface area contributed by atoms with Gasteiger partial charge in [0.25, 0.3) is 0 Å². The summed E-state index contributed by atoms with van der Waals surface area (Å²) in [6.07, 6.45) is 0.140. The quantitative estimate of drug-likeness (QED) is 0.464. The highest BCUT2D eigenvalue weighted by molar-refractivity contribution is 5.70. The third-order valence-corrected chi connectivity index (χ3v) is 2.43. The SMILES string of the molecule is CCn1nc(C)c([N+](=O)[O-])c1NCCC(=O)OC. The van der Waals surface area contributed by atoms with Gasteiger partial charge in [-0.25, -0.2) is 4.68 Å². The minimum atomic E-state index is -0.477. The largest absolute Gasteiger partial charge is 0.469 e. The lowest BCUT2D eigenvalue weighted by atomic mass is 10.3. The van der Waals surface area contributed by atoms with Crippen LogP contribution in [0.4, 0.5) is 11.5 Å². The van der Waals surface area contributed by atoms with E-state index in [0.29, 0.717) is 18.1 Å². The highest BCUT2D eigenvalue weighted by atomic mass is 16.6. The van der Waals surface area contributed by atoms with Crippen molar-refractivity contribution in [3.05, 3.63) is 15.8 Å². The summed E-state index contributed by atoms with van der Waals surface area (Å²) in [6.45, 7) is 4.19. The number of aryl methyl sites for hydroxylation is 2. The second-order valence-electron chi connectivity index (χ2n) is 3.61. The number of hydrogen-bond acceptors (Lipinski definition) is 6. The summed E-state index contributed by atoms with van der Waals surface area (Å²) in [6, 6.07) is 0. The van der Waals surface area contributed by atoms with Gasteiger partial charge in [-0.1, -0.05) is 0 Å². The van der Waals surface area contributed by atoms with Crippen molar-refractivity contribution in [3.8, 4) is 0 Å². The molecule has 0 atom stereocenters. The molecule has 0 unspecified atom stereocenters. The molecule has 8 heteroatoms. The molecule has 1 N–H and O–H groups in total. The van der Waals surface area contributed by atoms with E-state index in [9.17, 15) is 14.9 Å². The van der Waals surface area contributed by atoms with Crippen LogP contribution in [0.2, 0.25) is 0 Å². The smallest absolute Gasteiger partial charge is 0.333 e. The second-order valence-corrected chi connectivity index (χ2v) is 3.61. The fourth-order valence-electron chi connectivity index (χ4n) is 1.58. The van der Waals surface area contributed by atoms with Crippen LogP contribution in [0.5, 0.6) is 0 Å². The zero-order valence-corrected chi connectivity index (χ0v) is 10.6. The molecule has 1 rings (SSSR count). The number of nitrogens with one attached hydrogen (secondary N) is 1. The predicted octanol–water partition coefficient (Wildman–Crippen LogP) is 1.09. The maximum absolute atomic E-state index is 11.0. The van der Waals surface area contributed by atoms with Crippen molar-refractivity contribution in [2.75, 3.05) is 19.0 Å². The molecule has 0 amide bonds. The summed E-state index contributed by atoms with van der Waals surface area (Å²) >= 11 is 0. The zero-order chi connectivity index (χ0) is 13.7. The first-order chi connectivity index (χ1) is 8.51. The van der Waals surface area contributed by atoms with Crippen molar-refractivity contribution < 1.29 is 14.5 Å². The monoisotopic (exact) mass is 256 g/mol. The molecule has 100 valence electrons. The van der Waals surface area contributed by atoms with E-state index in [1.54, 1.807) is 6.92 Å². The van der Waals surface area contributed by atoms with Gasteiger partial charge in [0, 0.05) is 13.1 Å². The highest BCUT2D eigenvalue weighted by Gasteiger charge is 2.24. The fourth-order valence-corrected chi connectivity index (χ4v) is 1.58. The number of anilines is 1. The third-order valence-electron chi connectivity index (χ3n) is 2.43. The molecule has 0 aliphatic rings. The van der Waals surface area contributed by atoms with Crippen LogP contribution >= 0.6 is 0 Å². The molecule has 0 spiro atoms. The predicted molar refractivity (Wildman–Crippen MR) is 64.4 cm³/mol. The molecule has 0 radical (unpaired) electrons. The van der Waals surface area contributed by atoms with E-state index in [-0.39, 0.29) is 24.6 Å². The normalized spacial score (nSPS) is 10.2. The number of nitro groups is 1. The molecular formula is C10H16N4O4. The van der Waals surface area contributed by atoms with Crippen molar-refractivity contribution in [1.29, 1.82) is 0 Å². The third kappa shape index (κ3) is 2.96. The van der Waals surface area contributed by atoms with Crippen molar-refractivity contribution in [1.82, 2.24) is 9.78 Å². The first kappa shape index (κ1) is 13.9. The number of hydrogen-bond donors (Lipinski definition) is 1. The Labute approximate surface area is 104 Å². The van der Waals surface area contributed by atoms with Gasteiger partial charge in [-0.2, -0.15) is 5.10 Å². The Morgan fingerprint density at radius 3 is 2.78 bits per heavy atom. The van der Waals surface area contributed by atoms with Gasteiger partial charge in [-0.05, 0) is 13.8 Å². The Kier molecular flexibility index (Phi) is 4.64. The molecule has 0 saturated carbocycles. The van der Waals surface area contributed by atoms with E-state index >= 15 is 0 Å². The summed E-state index contributed by atoms with van der Waals surface area (Å²) in [5.74, 6) is -0.0478. The molecule has 0 aliphatic heterocycles. The van der Waals surface area contributed by atoms with Crippen LogP contribution in [0, 0.1) is 17.0 Å². The maximum atomic E-state index is 11.0. The molecule has 0 saturated heterocycles. The Balaban J connectivity index is 2.85. The summed E-state index contributed by atoms with van der Waals surface area (Å²) in [7, 11) is 1.30. The molecule has 8 nitrogen and oxygen atoms in total. The van der Waals surface area contributed by atoms with Crippen LogP contribution in [0.25, 0.3) is 0 Å². The minimum absolute atomic E-state index is 0.0540. The molecule has 0 aliphatic carbocycles. The second kappa shape index (κ2) is 5.99. The van der Waals surface area contributed by atoms with E-state index in [1.165, 1.54) is 11.8 Å². The van der Waals surface area contributed by atoms with Gasteiger partial charge in [0.2, 0.25) is 5.82 Å². The van der Waals surface area contributed by atoms with Gasteiger partial charge >= 0.3 is 11.7 Å². The Bertz CT molecular complexity index is 455. The van der Waals surface area contributed by atoms with Crippen LogP contribution in [-0.4, -0.2) is 34.3 Å². The van der Waals surface area contributed by atoms with E-state index in [1.807, 2.05) is 6.92 Å². The van der Waals surface area contributed by atoms with Crippen LogP contribution in [0.15, 0.2) is 0 Å². The lowest BCUT2D eigenvalue weighted by Gasteiger charge is -2.06. The molecular weight excluding hydrogens is 240 g/mol. The zero-order valence-electron chi connectivity index (χ0n) is 10.6. The van der Waals surface area contributed by atoms with Crippen LogP contribution < -0.4 is 5.32 Å². The van der Waals surface area contributed by atoms with Gasteiger partial charge in [0.1, 0.15) is 5.69 Å². The number of ether oxygens (including phenoxy) is 1. The molecule has 18 heavy (non-hydrogen) atoms. The van der Waals surface area contributed by atoms with Gasteiger partial charge in [-0.3, -0.25) is 14.9 Å². The number of aromatic nitrogens is 2. The number of rotatable bonds is 6. The maximum Gasteiger partial charge on any atom is 0.333 e. The Morgan fingerprint density at radius 1 is 1.61 bits per heavy atom. The van der Waals surface area contributed by atoms with Crippen molar-refractivity contribution in [2.24, 2.45) is 0 Å². The van der Waals surface area contributed by atoms with Crippen LogP contribution in [0.3, 0.4) is 0 Å². The lowest BCUT2D eigenvalue weighted by Crippen LogP contribution is -2.13. The van der Waals surface area contributed by atoms with Gasteiger partial charge in [-0.15, -0.1) is 0 Å². The molecule has 1 aromatic heterocycles. The molecule has 0 fully saturated rings. The fraction of sp³-hybridized carbons (Fsp3) is 0.600. The summed E-state index contributed by atoms with van der Waals surface area (Å²) in [5, 5.41) is 17.9. The Hall–Kier alpha value is -2.12. The molecule has 0 aromatic carbocycles. The molecule has 1 aromatic rings. The van der Waals surface area contributed by atoms with Gasteiger partial charge < -0.3 is 10.1 Å². The summed E-state index contributed by atoms with van der Waals surface area (Å²) in [4.78, 5) is 21.4. The highest BCUT2D eigenvalue weighted by Crippen LogP contribution is 2.27. The van der Waals surface area contributed by atoms with Crippen molar-refractivity contribution in [3.63, 3.8) is 0 Å². The van der Waals surface area contributed by atoms with Crippen LogP contribution in [0.1, 0.15) is 19.0 Å². The van der Waals surface area contributed by atoms with Crippen molar-refractivity contribution >= 4 is 17.5 Å². The average Bonchev–Trinajstić information content (AvgIpc) is 2.65. The lowest BCUT2D eigenvalue weighted by molar-refractivity contribution is -0.384. The number of esters is 1. The Morgan fingerprint density at radius 2 is 2.28 bits per heavy atom. The molecule has 0 bridgehead atoms.